The molecule has 0 N–H and O–H groups in total. The first-order valence-electron chi connectivity index (χ1n) is 19.9. The molecule has 58 heavy (non-hydrogen) atoms. The Bertz CT molecular complexity index is 2910. The molecule has 0 amide bonds. The summed E-state index contributed by atoms with van der Waals surface area (Å²) >= 11 is 0. The van der Waals surface area contributed by atoms with Crippen LogP contribution in [0.15, 0.2) is 231 Å². The van der Waals surface area contributed by atoms with Gasteiger partial charge in [-0.05, 0) is 116 Å². The highest BCUT2D eigenvalue weighted by Gasteiger charge is 2.26. The summed E-state index contributed by atoms with van der Waals surface area (Å²) < 4.78 is 0. The fraction of sp³-hybridized carbons (Fsp3) is 0. The van der Waals surface area contributed by atoms with Crippen molar-refractivity contribution in [3.05, 3.63) is 231 Å². The van der Waals surface area contributed by atoms with Gasteiger partial charge in [-0.25, -0.2) is 0 Å². The second-order valence-corrected chi connectivity index (χ2v) is 14.9. The van der Waals surface area contributed by atoms with Gasteiger partial charge in [0.2, 0.25) is 0 Å². The van der Waals surface area contributed by atoms with Gasteiger partial charge in [-0.3, -0.25) is 0 Å². The first-order chi connectivity index (χ1) is 28.8. The molecule has 1 aliphatic carbocycles. The van der Waals surface area contributed by atoms with Crippen molar-refractivity contribution in [1.29, 1.82) is 0 Å². The lowest BCUT2D eigenvalue weighted by Gasteiger charge is -2.30. The highest BCUT2D eigenvalue weighted by Crippen LogP contribution is 2.51. The molecule has 0 fully saturated rings. The van der Waals surface area contributed by atoms with E-state index < -0.39 is 0 Å². The lowest BCUT2D eigenvalue weighted by molar-refractivity contribution is 1.29. The lowest BCUT2D eigenvalue weighted by Crippen LogP contribution is -2.11. The minimum absolute atomic E-state index is 1.11. The fourth-order valence-corrected chi connectivity index (χ4v) is 8.98. The van der Waals surface area contributed by atoms with Crippen molar-refractivity contribution in [3.63, 3.8) is 0 Å². The molecule has 0 aromatic heterocycles. The second-order valence-electron chi connectivity index (χ2n) is 14.9. The van der Waals surface area contributed by atoms with Crippen molar-refractivity contribution >= 4 is 55.7 Å². The zero-order valence-corrected chi connectivity index (χ0v) is 31.8. The highest BCUT2D eigenvalue weighted by atomic mass is 15.1. The summed E-state index contributed by atoms with van der Waals surface area (Å²) in [6, 6.07) is 83.9. The van der Waals surface area contributed by atoms with E-state index in [2.05, 4.69) is 240 Å². The standard InChI is InChI=1S/C56H38N2/c1-3-21-41(22-4-1)57(55-31-15-19-39-17-7-9-25-45(39)55)43-33-35-51-52-36-34-44(58(42-23-5-2-6-24-42)56-32-16-20-40-18-8-10-26-46(40)56)38-54(52)50-30-14-12-28-48(50)47-27-11-13-29-49(47)53(51)37-43/h1-38H. The van der Waals surface area contributed by atoms with Gasteiger partial charge in [0.25, 0.3) is 0 Å². The lowest BCUT2D eigenvalue weighted by atomic mass is 9.80. The van der Waals surface area contributed by atoms with Crippen molar-refractivity contribution in [2.24, 2.45) is 0 Å². The third-order valence-corrected chi connectivity index (χ3v) is 11.6. The van der Waals surface area contributed by atoms with Crippen molar-refractivity contribution < 1.29 is 0 Å². The van der Waals surface area contributed by atoms with Crippen LogP contribution in [0.3, 0.4) is 0 Å². The molecule has 0 bridgehead atoms. The predicted molar refractivity (Wildman–Crippen MR) is 246 cm³/mol. The molecule has 10 aromatic rings. The number of benzene rings is 10. The second kappa shape index (κ2) is 14.1. The molecule has 0 aliphatic heterocycles. The van der Waals surface area contributed by atoms with E-state index in [1.807, 2.05) is 0 Å². The van der Waals surface area contributed by atoms with E-state index in [1.165, 1.54) is 66.1 Å². The highest BCUT2D eigenvalue weighted by molar-refractivity contribution is 6.07. The Kier molecular flexibility index (Phi) is 8.19. The maximum Gasteiger partial charge on any atom is 0.0540 e. The Hall–Kier alpha value is -7.68. The molecule has 0 saturated heterocycles. The quantitative estimate of drug-likeness (QED) is 0.168. The van der Waals surface area contributed by atoms with Crippen LogP contribution in [0.1, 0.15) is 0 Å². The van der Waals surface area contributed by atoms with Crippen LogP contribution in [0.4, 0.5) is 34.1 Å². The minimum atomic E-state index is 1.11. The first-order valence-corrected chi connectivity index (χ1v) is 19.9. The van der Waals surface area contributed by atoms with Gasteiger partial charge in [-0.1, -0.05) is 170 Å². The van der Waals surface area contributed by atoms with E-state index in [4.69, 9.17) is 0 Å². The number of hydrogen-bond donors (Lipinski definition) is 0. The zero-order chi connectivity index (χ0) is 38.4. The number of nitrogens with zero attached hydrogens (tertiary/aromatic N) is 2. The van der Waals surface area contributed by atoms with Gasteiger partial charge in [0.15, 0.2) is 0 Å². The Balaban J connectivity index is 1.17. The molecule has 2 heteroatoms. The molecule has 0 atom stereocenters. The van der Waals surface area contributed by atoms with Crippen molar-refractivity contribution in [2.75, 3.05) is 9.80 Å². The third kappa shape index (κ3) is 5.66. The maximum absolute atomic E-state index is 2.41. The topological polar surface area (TPSA) is 6.48 Å². The Morgan fingerprint density at radius 3 is 0.966 bits per heavy atom. The number of fused-ring (bicyclic) bond motifs is 10. The summed E-state index contributed by atoms with van der Waals surface area (Å²) in [7, 11) is 0. The normalized spacial score (nSPS) is 11.4. The molecule has 0 radical (unpaired) electrons. The summed E-state index contributed by atoms with van der Waals surface area (Å²) in [5.74, 6) is 0. The molecule has 10 aromatic carbocycles. The van der Waals surface area contributed by atoms with Crippen LogP contribution in [0.2, 0.25) is 0 Å². The summed E-state index contributed by atoms with van der Waals surface area (Å²) in [5.41, 5.74) is 16.4. The summed E-state index contributed by atoms with van der Waals surface area (Å²) in [6.45, 7) is 0. The minimum Gasteiger partial charge on any atom is -0.310 e. The Labute approximate surface area is 339 Å². The van der Waals surface area contributed by atoms with Gasteiger partial charge < -0.3 is 9.80 Å². The molecule has 11 rings (SSSR count). The average Bonchev–Trinajstić information content (AvgIpc) is 3.30. The first kappa shape index (κ1) is 33.6. The van der Waals surface area contributed by atoms with Gasteiger partial charge in [0.05, 0.1) is 11.4 Å². The van der Waals surface area contributed by atoms with Crippen LogP contribution in [0, 0.1) is 0 Å². The Morgan fingerprint density at radius 1 is 0.207 bits per heavy atom. The number of anilines is 6. The summed E-state index contributed by atoms with van der Waals surface area (Å²) in [5, 5.41) is 4.85. The van der Waals surface area contributed by atoms with Gasteiger partial charge >= 0.3 is 0 Å². The largest absolute Gasteiger partial charge is 0.310 e. The average molecular weight is 739 g/mol. The third-order valence-electron chi connectivity index (χ3n) is 11.6. The molecule has 2 nitrogen and oxygen atoms in total. The summed E-state index contributed by atoms with van der Waals surface area (Å²) in [6.07, 6.45) is 0. The van der Waals surface area contributed by atoms with Crippen LogP contribution in [0.25, 0.3) is 66.1 Å². The van der Waals surface area contributed by atoms with Gasteiger partial charge in [0.1, 0.15) is 0 Å². The molecule has 1 aliphatic rings. The predicted octanol–water partition coefficient (Wildman–Crippen LogP) is 15.9. The Morgan fingerprint density at radius 2 is 0.534 bits per heavy atom. The number of rotatable bonds is 6. The molecule has 272 valence electrons. The van der Waals surface area contributed by atoms with Crippen molar-refractivity contribution in [3.8, 4) is 44.5 Å². The molecule has 0 spiro atoms. The van der Waals surface area contributed by atoms with E-state index in [0.29, 0.717) is 0 Å². The monoisotopic (exact) mass is 738 g/mol. The van der Waals surface area contributed by atoms with Crippen LogP contribution < -0.4 is 9.80 Å². The smallest absolute Gasteiger partial charge is 0.0540 e. The zero-order valence-electron chi connectivity index (χ0n) is 31.8. The molecule has 0 unspecified atom stereocenters. The fourth-order valence-electron chi connectivity index (χ4n) is 8.98. The SMILES string of the molecule is c1ccc(N(c2ccc3c(c2)-c2ccccc2-c2ccccc2-c2cc(N(c4ccccc4)c4cccc5ccccc45)ccc2-3)c2cccc3ccccc23)cc1. The maximum atomic E-state index is 2.41. The molecular formula is C56H38N2. The molecule has 0 heterocycles. The van der Waals surface area contributed by atoms with Crippen LogP contribution in [-0.2, 0) is 0 Å². The number of para-hydroxylation sites is 2. The van der Waals surface area contributed by atoms with E-state index in [1.54, 1.807) is 0 Å². The van der Waals surface area contributed by atoms with Crippen molar-refractivity contribution in [1.82, 2.24) is 0 Å². The van der Waals surface area contributed by atoms with E-state index in [0.717, 1.165) is 34.1 Å². The van der Waals surface area contributed by atoms with Crippen molar-refractivity contribution in [2.45, 2.75) is 0 Å². The van der Waals surface area contributed by atoms with E-state index >= 15 is 0 Å². The van der Waals surface area contributed by atoms with Gasteiger partial charge in [0, 0.05) is 33.5 Å². The number of hydrogen-bond acceptors (Lipinski definition) is 2. The van der Waals surface area contributed by atoms with Gasteiger partial charge in [-0.2, -0.15) is 0 Å². The van der Waals surface area contributed by atoms with Crippen LogP contribution in [-0.4, -0.2) is 0 Å². The van der Waals surface area contributed by atoms with Crippen LogP contribution in [0.5, 0.6) is 0 Å². The van der Waals surface area contributed by atoms with Crippen LogP contribution >= 0.6 is 0 Å². The molecule has 0 saturated carbocycles. The van der Waals surface area contributed by atoms with E-state index in [9.17, 15) is 0 Å². The van der Waals surface area contributed by atoms with E-state index in [-0.39, 0.29) is 0 Å². The molecular weight excluding hydrogens is 701 g/mol. The summed E-state index contributed by atoms with van der Waals surface area (Å²) in [4.78, 5) is 4.81. The van der Waals surface area contributed by atoms with Gasteiger partial charge in [-0.15, -0.1) is 0 Å².